The van der Waals surface area contributed by atoms with Crippen molar-refractivity contribution in [3.63, 3.8) is 0 Å². The number of amides is 2. The molecule has 1 aliphatic heterocycles. The number of anilines is 1. The molecule has 2 amide bonds. The van der Waals surface area contributed by atoms with E-state index in [4.69, 9.17) is 14.2 Å². The number of hydrogen-bond donors (Lipinski definition) is 1. The minimum atomic E-state index is -0.443. The second-order valence-electron chi connectivity index (χ2n) is 20.6. The molecule has 0 radical (unpaired) electrons. The molecule has 0 aliphatic carbocycles. The molecule has 0 spiro atoms. The van der Waals surface area contributed by atoms with Crippen molar-refractivity contribution in [2.45, 2.75) is 271 Å². The van der Waals surface area contributed by atoms with E-state index in [1.165, 1.54) is 120 Å². The van der Waals surface area contributed by atoms with E-state index in [1.807, 2.05) is 23.9 Å². The molecule has 70 heavy (non-hydrogen) atoms. The Hall–Kier alpha value is -2.99. The minimum absolute atomic E-state index is 0.0138. The molecule has 12 heteroatoms. The van der Waals surface area contributed by atoms with E-state index in [2.05, 4.69) is 33.0 Å². The molecule has 0 fully saturated rings. The third-order valence-corrected chi connectivity index (χ3v) is 15.0. The number of unbranched alkanes of at least 4 members (excludes halogenated alkanes) is 21. The lowest BCUT2D eigenvalue weighted by Crippen LogP contribution is -2.35. The Balaban J connectivity index is 1.91. The largest absolute Gasteiger partial charge is 0.465 e. The summed E-state index contributed by atoms with van der Waals surface area (Å²) in [7, 11) is 3.96. The molecule has 1 aliphatic rings. The molecule has 1 unspecified atom stereocenters. The number of nitrogens with one attached hydrogen (secondary N) is 1. The van der Waals surface area contributed by atoms with Gasteiger partial charge in [-0.05, 0) is 103 Å². The van der Waals surface area contributed by atoms with Crippen LogP contribution in [0.5, 0.6) is 0 Å². The normalized spacial score (nSPS) is 12.9. The van der Waals surface area contributed by atoms with Gasteiger partial charge in [-0.25, -0.2) is 4.79 Å². The number of carbonyl (C=O) groups excluding carboxylic acids is 5. The molecule has 1 aromatic rings. The maximum Gasteiger partial charge on any atom is 0.341 e. The van der Waals surface area contributed by atoms with E-state index in [0.717, 1.165) is 81.2 Å². The van der Waals surface area contributed by atoms with Crippen LogP contribution in [0.15, 0.2) is 0 Å². The average molecular weight is 1000 g/mol. The SMILES string of the molecule is CCCCCCCCC(CCCCCCCC)OC(=O)CCCCC(=O)N1CCc2c(sc(NC(=O)CCCCCOC(=O)C(CCCCCC)CCCCCCCC)c2C(=O)OCCCN(C)C)C1. The summed E-state index contributed by atoms with van der Waals surface area (Å²) < 4.78 is 17.6. The fourth-order valence-electron chi connectivity index (χ4n) is 9.47. The number of esters is 3. The first kappa shape index (κ1) is 63.1. The van der Waals surface area contributed by atoms with Crippen LogP contribution in [0.2, 0.25) is 0 Å². The van der Waals surface area contributed by atoms with Gasteiger partial charge >= 0.3 is 17.9 Å². The summed E-state index contributed by atoms with van der Waals surface area (Å²) in [4.78, 5) is 71.4. The molecule has 0 saturated carbocycles. The highest BCUT2D eigenvalue weighted by atomic mass is 32.1. The number of ether oxygens (including phenoxy) is 3. The predicted octanol–water partition coefficient (Wildman–Crippen LogP) is 15.1. The van der Waals surface area contributed by atoms with Crippen LogP contribution in [0.25, 0.3) is 0 Å². The third-order valence-electron chi connectivity index (χ3n) is 13.9. The summed E-state index contributed by atoms with van der Waals surface area (Å²) in [6.07, 6.45) is 35.6. The second-order valence-corrected chi connectivity index (χ2v) is 21.7. The van der Waals surface area contributed by atoms with Crippen LogP contribution in [0.1, 0.15) is 273 Å². The molecular weight excluding hydrogens is 899 g/mol. The Morgan fingerprint density at radius 1 is 0.586 bits per heavy atom. The van der Waals surface area contributed by atoms with Gasteiger partial charge < -0.3 is 29.3 Å². The highest BCUT2D eigenvalue weighted by Crippen LogP contribution is 2.38. The monoisotopic (exact) mass is 1000 g/mol. The molecule has 0 bridgehead atoms. The molecule has 404 valence electrons. The molecule has 1 atom stereocenters. The topological polar surface area (TPSA) is 132 Å². The summed E-state index contributed by atoms with van der Waals surface area (Å²) in [5.74, 6) is -0.830. The van der Waals surface area contributed by atoms with Gasteiger partial charge in [0.15, 0.2) is 0 Å². The highest BCUT2D eigenvalue weighted by Gasteiger charge is 2.31. The lowest BCUT2D eigenvalue weighted by Gasteiger charge is -2.27. The van der Waals surface area contributed by atoms with Crippen LogP contribution in [0, 0.1) is 5.92 Å². The summed E-state index contributed by atoms with van der Waals surface area (Å²) in [5.41, 5.74) is 1.26. The number of carbonyl (C=O) groups is 5. The van der Waals surface area contributed by atoms with Crippen LogP contribution in [-0.2, 0) is 46.4 Å². The average Bonchev–Trinajstić information content (AvgIpc) is 3.70. The summed E-state index contributed by atoms with van der Waals surface area (Å²) in [6.45, 7) is 11.2. The van der Waals surface area contributed by atoms with Crippen molar-refractivity contribution in [1.29, 1.82) is 0 Å². The van der Waals surface area contributed by atoms with Crippen molar-refractivity contribution in [3.05, 3.63) is 16.0 Å². The molecule has 11 nitrogen and oxygen atoms in total. The molecule has 1 aromatic heterocycles. The van der Waals surface area contributed by atoms with Gasteiger partial charge in [-0.3, -0.25) is 19.2 Å². The van der Waals surface area contributed by atoms with Crippen LogP contribution >= 0.6 is 11.3 Å². The number of thiophene rings is 1. The lowest BCUT2D eigenvalue weighted by molar-refractivity contribution is -0.150. The molecule has 1 N–H and O–H groups in total. The summed E-state index contributed by atoms with van der Waals surface area (Å²) in [5, 5.41) is 3.52. The Morgan fingerprint density at radius 3 is 1.67 bits per heavy atom. The van der Waals surface area contributed by atoms with E-state index < -0.39 is 5.97 Å². The van der Waals surface area contributed by atoms with Crippen LogP contribution in [0.4, 0.5) is 5.00 Å². The van der Waals surface area contributed by atoms with E-state index in [9.17, 15) is 24.0 Å². The van der Waals surface area contributed by atoms with Crippen LogP contribution in [0.3, 0.4) is 0 Å². The lowest BCUT2D eigenvalue weighted by atomic mass is 9.94. The van der Waals surface area contributed by atoms with Gasteiger partial charge in [-0.1, -0.05) is 156 Å². The predicted molar refractivity (Wildman–Crippen MR) is 290 cm³/mol. The second kappa shape index (κ2) is 41.5. The van der Waals surface area contributed by atoms with Crippen molar-refractivity contribution >= 4 is 46.1 Å². The molecule has 0 saturated heterocycles. The van der Waals surface area contributed by atoms with Gasteiger partial charge in [0.05, 0.1) is 31.2 Å². The fourth-order valence-corrected chi connectivity index (χ4v) is 10.7. The number of fused-ring (bicyclic) bond motifs is 1. The van der Waals surface area contributed by atoms with Crippen molar-refractivity contribution in [2.24, 2.45) is 5.92 Å². The maximum absolute atomic E-state index is 13.6. The zero-order valence-corrected chi connectivity index (χ0v) is 46.5. The zero-order valence-electron chi connectivity index (χ0n) is 45.7. The molecule has 2 rings (SSSR count). The third kappa shape index (κ3) is 29.5. The Bertz CT molecular complexity index is 1530. The smallest absolute Gasteiger partial charge is 0.341 e. The van der Waals surface area contributed by atoms with E-state index >= 15 is 0 Å². The first-order valence-corrected chi connectivity index (χ1v) is 29.8. The quantitative estimate of drug-likeness (QED) is 0.0385. The zero-order chi connectivity index (χ0) is 51.0. The Morgan fingerprint density at radius 2 is 1.09 bits per heavy atom. The van der Waals surface area contributed by atoms with Gasteiger partial charge in [0.1, 0.15) is 11.1 Å². The Labute approximate surface area is 431 Å². The van der Waals surface area contributed by atoms with Gasteiger partial charge in [-0.15, -0.1) is 11.3 Å². The van der Waals surface area contributed by atoms with E-state index in [-0.39, 0.29) is 48.8 Å². The number of rotatable bonds is 45. The van der Waals surface area contributed by atoms with Crippen molar-refractivity contribution in [2.75, 3.05) is 45.7 Å². The highest BCUT2D eigenvalue weighted by molar-refractivity contribution is 7.17. The standard InChI is InChI=1S/C58H103N3O8S/c1-7-11-15-19-22-27-36-48(35-26-18-14-10-4)57(65)67-45-33-25-30-39-52(62)59-56-55(58(66)68-46-34-43-60(5)6)50-42-44-61(47-51(50)70-56)53(63)40-31-32-41-54(64)69-49(37-28-23-20-16-12-8-2)38-29-24-21-17-13-9-3/h48-49H,7-47H2,1-6H3,(H,59,62). The number of nitrogens with zero attached hydrogens (tertiary/aromatic N) is 2. The van der Waals surface area contributed by atoms with E-state index in [1.54, 1.807) is 0 Å². The molecule has 2 heterocycles. The first-order valence-electron chi connectivity index (χ1n) is 28.9. The summed E-state index contributed by atoms with van der Waals surface area (Å²) >= 11 is 1.36. The van der Waals surface area contributed by atoms with Crippen molar-refractivity contribution in [3.8, 4) is 0 Å². The van der Waals surface area contributed by atoms with Gasteiger partial charge in [0.2, 0.25) is 11.8 Å². The van der Waals surface area contributed by atoms with Crippen LogP contribution in [-0.4, -0.2) is 86.0 Å². The van der Waals surface area contributed by atoms with Gasteiger partial charge in [0, 0.05) is 37.2 Å². The van der Waals surface area contributed by atoms with Gasteiger partial charge in [-0.2, -0.15) is 0 Å². The Kier molecular flexibility index (Phi) is 37.4. The molecule has 0 aromatic carbocycles. The van der Waals surface area contributed by atoms with Gasteiger partial charge in [0.25, 0.3) is 0 Å². The van der Waals surface area contributed by atoms with Crippen molar-refractivity contribution in [1.82, 2.24) is 9.80 Å². The van der Waals surface area contributed by atoms with E-state index in [0.29, 0.717) is 81.6 Å². The minimum Gasteiger partial charge on any atom is -0.465 e. The molecular formula is C58H103N3O8S. The maximum atomic E-state index is 13.6. The first-order chi connectivity index (χ1) is 34.0. The van der Waals surface area contributed by atoms with Crippen molar-refractivity contribution < 1.29 is 38.2 Å². The van der Waals surface area contributed by atoms with Crippen LogP contribution < -0.4 is 5.32 Å². The summed E-state index contributed by atoms with van der Waals surface area (Å²) in [6, 6.07) is 0. The number of hydrogen-bond acceptors (Lipinski definition) is 10. The fraction of sp³-hybridized carbons (Fsp3) is 0.845.